The van der Waals surface area contributed by atoms with E-state index in [2.05, 4.69) is 17.4 Å². The van der Waals surface area contributed by atoms with Gasteiger partial charge < -0.3 is 14.8 Å². The Hall–Kier alpha value is -2.53. The molecule has 5 nitrogen and oxygen atoms in total. The predicted molar refractivity (Wildman–Crippen MR) is 99.0 cm³/mol. The zero-order valence-corrected chi connectivity index (χ0v) is 15.1. The van der Waals surface area contributed by atoms with Crippen LogP contribution in [0.4, 0.5) is 0 Å². The van der Waals surface area contributed by atoms with E-state index >= 15 is 0 Å². The monoisotopic (exact) mass is 342 g/mol. The Bertz CT molecular complexity index is 674. The summed E-state index contributed by atoms with van der Waals surface area (Å²) >= 11 is 0. The van der Waals surface area contributed by atoms with Gasteiger partial charge in [-0.15, -0.1) is 0 Å². The number of rotatable bonds is 9. The predicted octanol–water partition coefficient (Wildman–Crippen LogP) is 2.49. The molecule has 0 bridgehead atoms. The van der Waals surface area contributed by atoms with Crippen LogP contribution in [0.3, 0.4) is 0 Å². The van der Waals surface area contributed by atoms with E-state index in [4.69, 9.17) is 9.47 Å². The minimum Gasteiger partial charge on any atom is -0.493 e. The summed E-state index contributed by atoms with van der Waals surface area (Å²) in [6.07, 6.45) is 0.745. The van der Waals surface area contributed by atoms with Gasteiger partial charge in [-0.25, -0.2) is 0 Å². The molecule has 0 aliphatic rings. The molecule has 2 aromatic carbocycles. The van der Waals surface area contributed by atoms with E-state index in [0.29, 0.717) is 24.6 Å². The summed E-state index contributed by atoms with van der Waals surface area (Å²) < 4.78 is 10.5. The van der Waals surface area contributed by atoms with Crippen LogP contribution in [-0.4, -0.2) is 45.2 Å². The average Bonchev–Trinajstić information content (AvgIpc) is 2.62. The molecule has 1 N–H and O–H groups in total. The van der Waals surface area contributed by atoms with Gasteiger partial charge in [0.25, 0.3) is 0 Å². The van der Waals surface area contributed by atoms with Crippen LogP contribution in [-0.2, 0) is 17.8 Å². The molecule has 0 heterocycles. The molecule has 0 saturated carbocycles. The number of nitrogens with zero attached hydrogens (tertiary/aromatic N) is 1. The lowest BCUT2D eigenvalue weighted by atomic mass is 10.1. The van der Waals surface area contributed by atoms with Gasteiger partial charge in [-0.3, -0.25) is 9.69 Å². The van der Waals surface area contributed by atoms with Crippen LogP contribution in [0.2, 0.25) is 0 Å². The number of hydrogen-bond donors (Lipinski definition) is 1. The fraction of sp³-hybridized carbons (Fsp3) is 0.350. The third-order valence-electron chi connectivity index (χ3n) is 3.89. The van der Waals surface area contributed by atoms with Crippen molar-refractivity contribution in [1.29, 1.82) is 0 Å². The largest absolute Gasteiger partial charge is 0.493 e. The van der Waals surface area contributed by atoms with Crippen LogP contribution in [0.15, 0.2) is 48.5 Å². The van der Waals surface area contributed by atoms with Gasteiger partial charge in [-0.1, -0.05) is 36.4 Å². The van der Waals surface area contributed by atoms with Gasteiger partial charge >= 0.3 is 0 Å². The lowest BCUT2D eigenvalue weighted by Crippen LogP contribution is -2.35. The molecule has 0 radical (unpaired) electrons. The highest BCUT2D eigenvalue weighted by Crippen LogP contribution is 2.27. The summed E-state index contributed by atoms with van der Waals surface area (Å²) in [5.41, 5.74) is 2.29. The first-order valence-corrected chi connectivity index (χ1v) is 8.32. The maximum Gasteiger partial charge on any atom is 0.234 e. The van der Waals surface area contributed by atoms with Crippen molar-refractivity contribution in [2.75, 3.05) is 34.4 Å². The summed E-state index contributed by atoms with van der Waals surface area (Å²) in [4.78, 5) is 14.1. The second-order valence-corrected chi connectivity index (χ2v) is 5.95. The maximum atomic E-state index is 12.1. The lowest BCUT2D eigenvalue weighted by Gasteiger charge is -2.16. The number of carbonyl (C=O) groups excluding carboxylic acids is 1. The molecule has 0 spiro atoms. The van der Waals surface area contributed by atoms with Crippen LogP contribution in [0.25, 0.3) is 0 Å². The molecule has 0 fully saturated rings. The molecule has 0 aliphatic heterocycles. The van der Waals surface area contributed by atoms with Crippen molar-refractivity contribution in [3.8, 4) is 11.5 Å². The third-order valence-corrected chi connectivity index (χ3v) is 3.89. The van der Waals surface area contributed by atoms with Crippen LogP contribution in [0.1, 0.15) is 11.1 Å². The van der Waals surface area contributed by atoms with Crippen LogP contribution >= 0.6 is 0 Å². The summed E-state index contributed by atoms with van der Waals surface area (Å²) in [5.74, 6) is 1.44. The van der Waals surface area contributed by atoms with Crippen molar-refractivity contribution >= 4 is 5.91 Å². The van der Waals surface area contributed by atoms with E-state index in [1.54, 1.807) is 14.2 Å². The molecule has 25 heavy (non-hydrogen) atoms. The van der Waals surface area contributed by atoms with Gasteiger partial charge in [0.2, 0.25) is 5.91 Å². The second-order valence-electron chi connectivity index (χ2n) is 5.95. The first-order chi connectivity index (χ1) is 12.1. The van der Waals surface area contributed by atoms with E-state index in [9.17, 15) is 4.79 Å². The van der Waals surface area contributed by atoms with E-state index in [1.807, 2.05) is 48.3 Å². The zero-order chi connectivity index (χ0) is 18.1. The minimum atomic E-state index is 0.0268. The number of nitrogens with one attached hydrogen (secondary N) is 1. The SMILES string of the molecule is COc1ccc(CCNC(=O)CN(C)Cc2ccccc2)cc1OC. The molecule has 5 heteroatoms. The van der Waals surface area contributed by atoms with Crippen molar-refractivity contribution in [3.63, 3.8) is 0 Å². The van der Waals surface area contributed by atoms with Crippen LogP contribution < -0.4 is 14.8 Å². The number of hydrogen-bond acceptors (Lipinski definition) is 4. The topological polar surface area (TPSA) is 50.8 Å². The van der Waals surface area contributed by atoms with Crippen molar-refractivity contribution < 1.29 is 14.3 Å². The summed E-state index contributed by atoms with van der Waals surface area (Å²) in [5, 5.41) is 2.96. The van der Waals surface area contributed by atoms with E-state index in [0.717, 1.165) is 18.5 Å². The number of benzene rings is 2. The molecular weight excluding hydrogens is 316 g/mol. The molecule has 0 saturated heterocycles. The Kier molecular flexibility index (Phi) is 7.29. The lowest BCUT2D eigenvalue weighted by molar-refractivity contribution is -0.122. The summed E-state index contributed by atoms with van der Waals surface area (Å²) in [6, 6.07) is 15.9. The normalized spacial score (nSPS) is 10.6. The molecule has 0 aromatic heterocycles. The van der Waals surface area contributed by atoms with Gasteiger partial charge in [0.15, 0.2) is 11.5 Å². The molecule has 0 aliphatic carbocycles. The van der Waals surface area contributed by atoms with Crippen LogP contribution in [0.5, 0.6) is 11.5 Å². The third kappa shape index (κ3) is 6.12. The Balaban J connectivity index is 1.75. The van der Waals surface area contributed by atoms with Gasteiger partial charge in [0, 0.05) is 13.1 Å². The fourth-order valence-corrected chi connectivity index (χ4v) is 2.63. The summed E-state index contributed by atoms with van der Waals surface area (Å²) in [7, 11) is 5.18. The first-order valence-electron chi connectivity index (χ1n) is 8.32. The Morgan fingerprint density at radius 2 is 1.72 bits per heavy atom. The van der Waals surface area contributed by atoms with E-state index in [-0.39, 0.29) is 5.91 Å². The minimum absolute atomic E-state index is 0.0268. The van der Waals surface area contributed by atoms with Crippen molar-refractivity contribution in [2.24, 2.45) is 0 Å². The molecule has 134 valence electrons. The molecule has 2 rings (SSSR count). The highest BCUT2D eigenvalue weighted by molar-refractivity contribution is 5.77. The maximum absolute atomic E-state index is 12.1. The van der Waals surface area contributed by atoms with Crippen LogP contribution in [0, 0.1) is 0 Å². The zero-order valence-electron chi connectivity index (χ0n) is 15.1. The summed E-state index contributed by atoms with van der Waals surface area (Å²) in [6.45, 7) is 1.72. The Labute approximate surface area is 149 Å². The Morgan fingerprint density at radius 3 is 2.40 bits per heavy atom. The van der Waals surface area contributed by atoms with E-state index < -0.39 is 0 Å². The molecule has 2 aromatic rings. The number of methoxy groups -OCH3 is 2. The van der Waals surface area contributed by atoms with Crippen molar-refractivity contribution in [2.45, 2.75) is 13.0 Å². The fourth-order valence-electron chi connectivity index (χ4n) is 2.63. The number of likely N-dealkylation sites (N-methyl/N-ethyl adjacent to an activating group) is 1. The standard InChI is InChI=1S/C20H26N2O3/c1-22(14-17-7-5-4-6-8-17)15-20(23)21-12-11-16-9-10-18(24-2)19(13-16)25-3/h4-10,13H,11-12,14-15H2,1-3H3,(H,21,23). The highest BCUT2D eigenvalue weighted by atomic mass is 16.5. The van der Waals surface area contributed by atoms with Crippen molar-refractivity contribution in [1.82, 2.24) is 10.2 Å². The smallest absolute Gasteiger partial charge is 0.234 e. The van der Waals surface area contributed by atoms with Gasteiger partial charge in [-0.2, -0.15) is 0 Å². The highest BCUT2D eigenvalue weighted by Gasteiger charge is 2.08. The molecule has 0 unspecified atom stereocenters. The van der Waals surface area contributed by atoms with E-state index in [1.165, 1.54) is 5.56 Å². The van der Waals surface area contributed by atoms with Gasteiger partial charge in [-0.05, 0) is 36.7 Å². The molecule has 0 atom stereocenters. The number of carbonyl (C=O) groups is 1. The quantitative estimate of drug-likeness (QED) is 0.761. The molecular formula is C20H26N2O3. The second kappa shape index (κ2) is 9.69. The first kappa shape index (κ1) is 18.8. The van der Waals surface area contributed by atoms with Crippen molar-refractivity contribution in [3.05, 3.63) is 59.7 Å². The van der Waals surface area contributed by atoms with Gasteiger partial charge in [0.05, 0.1) is 20.8 Å². The average molecular weight is 342 g/mol. The number of amides is 1. The Morgan fingerprint density at radius 1 is 1.00 bits per heavy atom. The molecule has 1 amide bonds. The number of ether oxygens (including phenoxy) is 2. The van der Waals surface area contributed by atoms with Gasteiger partial charge in [0.1, 0.15) is 0 Å².